The Morgan fingerprint density at radius 2 is 1.66 bits per heavy atom. The normalized spacial score (nSPS) is 11.2. The van der Waals surface area contributed by atoms with E-state index in [0.717, 1.165) is 37.1 Å². The summed E-state index contributed by atoms with van der Waals surface area (Å²) >= 11 is 0. The van der Waals surface area contributed by atoms with Crippen LogP contribution in [-0.2, 0) is 13.0 Å². The summed E-state index contributed by atoms with van der Waals surface area (Å²) in [7, 11) is 0. The van der Waals surface area contributed by atoms with Gasteiger partial charge in [-0.1, -0.05) is 81.8 Å². The number of aromatic hydroxyl groups is 1. The van der Waals surface area contributed by atoms with Crippen molar-refractivity contribution in [3.63, 3.8) is 0 Å². The summed E-state index contributed by atoms with van der Waals surface area (Å²) in [6, 6.07) is 10.1. The zero-order valence-electron chi connectivity index (χ0n) is 17.7. The van der Waals surface area contributed by atoms with Crippen LogP contribution in [-0.4, -0.2) is 19.8 Å². The molecule has 3 aromatic rings. The van der Waals surface area contributed by atoms with Crippen LogP contribution >= 0.6 is 0 Å². The molecular weight excluding hydrogens is 362 g/mol. The van der Waals surface area contributed by atoms with Crippen molar-refractivity contribution in [1.82, 2.24) is 14.7 Å². The topological polar surface area (TPSA) is 64.1 Å². The molecule has 29 heavy (non-hydrogen) atoms. The molecule has 0 aliphatic heterocycles. The van der Waals surface area contributed by atoms with E-state index >= 15 is 0 Å². The van der Waals surface area contributed by atoms with Gasteiger partial charge in [0.05, 0.1) is 0 Å². The Morgan fingerprint density at radius 1 is 0.931 bits per heavy atom. The molecule has 5 heteroatoms. The third-order valence-electron chi connectivity index (χ3n) is 5.31. The van der Waals surface area contributed by atoms with Gasteiger partial charge in [-0.25, -0.2) is 0 Å². The first-order valence-electron chi connectivity index (χ1n) is 11.0. The van der Waals surface area contributed by atoms with Gasteiger partial charge in [0.2, 0.25) is 5.82 Å². The average Bonchev–Trinajstić information content (AvgIpc) is 3.36. The number of nitrogens with zero attached hydrogens (tertiary/aromatic N) is 3. The van der Waals surface area contributed by atoms with Crippen molar-refractivity contribution in [2.24, 2.45) is 0 Å². The van der Waals surface area contributed by atoms with Gasteiger partial charge in [-0.15, -0.1) is 0 Å². The van der Waals surface area contributed by atoms with Gasteiger partial charge < -0.3 is 14.2 Å². The van der Waals surface area contributed by atoms with E-state index in [1.807, 2.05) is 4.57 Å². The smallest absolute Gasteiger partial charge is 0.275 e. The van der Waals surface area contributed by atoms with Crippen LogP contribution in [0.4, 0.5) is 0 Å². The molecule has 0 saturated heterocycles. The van der Waals surface area contributed by atoms with Crippen molar-refractivity contribution in [3.8, 4) is 28.7 Å². The number of benzene rings is 1. The molecule has 5 nitrogen and oxygen atoms in total. The molecule has 0 amide bonds. The highest BCUT2D eigenvalue weighted by Crippen LogP contribution is 2.27. The molecule has 2 aromatic heterocycles. The zero-order chi connectivity index (χ0) is 20.5. The van der Waals surface area contributed by atoms with Crippen molar-refractivity contribution in [1.29, 1.82) is 0 Å². The van der Waals surface area contributed by atoms with Gasteiger partial charge >= 0.3 is 0 Å². The van der Waals surface area contributed by atoms with Crippen molar-refractivity contribution in [2.75, 3.05) is 0 Å². The van der Waals surface area contributed by atoms with Gasteiger partial charge in [-0.3, -0.25) is 0 Å². The van der Waals surface area contributed by atoms with E-state index in [4.69, 9.17) is 4.52 Å². The second-order valence-electron chi connectivity index (χ2n) is 7.77. The fourth-order valence-corrected chi connectivity index (χ4v) is 3.56. The second-order valence-corrected chi connectivity index (χ2v) is 7.77. The van der Waals surface area contributed by atoms with Gasteiger partial charge in [0.25, 0.3) is 5.89 Å². The van der Waals surface area contributed by atoms with E-state index < -0.39 is 0 Å². The van der Waals surface area contributed by atoms with Crippen LogP contribution in [0, 0.1) is 0 Å². The van der Waals surface area contributed by atoms with E-state index in [2.05, 4.69) is 48.3 Å². The highest BCUT2D eigenvalue weighted by atomic mass is 16.5. The third kappa shape index (κ3) is 5.96. The predicted octanol–water partition coefficient (Wildman–Crippen LogP) is 6.61. The van der Waals surface area contributed by atoms with Crippen LogP contribution in [0.25, 0.3) is 23.0 Å². The maximum atomic E-state index is 9.87. The van der Waals surface area contributed by atoms with Crippen molar-refractivity contribution in [2.45, 2.75) is 78.2 Å². The standard InChI is InChI=1S/C24H33N3O2/c1-3-5-7-8-9-10-11-19-12-14-20(15-13-19)23-25-24(29-26-23)22-17-21(28)18-27(22)16-6-4-2/h12-15,17-18,28H,3-11,16H2,1-2H3. The maximum Gasteiger partial charge on any atom is 0.275 e. The van der Waals surface area contributed by atoms with Crippen molar-refractivity contribution in [3.05, 3.63) is 42.1 Å². The van der Waals surface area contributed by atoms with Gasteiger partial charge in [0.15, 0.2) is 0 Å². The van der Waals surface area contributed by atoms with E-state index in [9.17, 15) is 5.11 Å². The summed E-state index contributed by atoms with van der Waals surface area (Å²) in [6.45, 7) is 5.21. The highest BCUT2D eigenvalue weighted by Gasteiger charge is 2.16. The molecule has 1 N–H and O–H groups in total. The molecule has 2 heterocycles. The molecule has 0 radical (unpaired) electrons. The predicted molar refractivity (Wildman–Crippen MR) is 117 cm³/mol. The summed E-state index contributed by atoms with van der Waals surface area (Å²) in [5.41, 5.74) is 3.06. The van der Waals surface area contributed by atoms with Crippen molar-refractivity contribution < 1.29 is 9.63 Å². The van der Waals surface area contributed by atoms with Crippen molar-refractivity contribution >= 4 is 0 Å². The minimum atomic E-state index is 0.218. The third-order valence-corrected chi connectivity index (χ3v) is 5.31. The number of unbranched alkanes of at least 4 members (excludes halogenated alkanes) is 6. The summed E-state index contributed by atoms with van der Waals surface area (Å²) in [5.74, 6) is 1.23. The molecule has 0 spiro atoms. The van der Waals surface area contributed by atoms with E-state index in [-0.39, 0.29) is 5.75 Å². The average molecular weight is 396 g/mol. The highest BCUT2D eigenvalue weighted by molar-refractivity contribution is 5.59. The second kappa shape index (κ2) is 10.8. The van der Waals surface area contributed by atoms with Gasteiger partial charge in [0, 0.05) is 24.4 Å². The molecule has 0 bridgehead atoms. The Kier molecular flexibility index (Phi) is 7.91. The fourth-order valence-electron chi connectivity index (χ4n) is 3.56. The van der Waals surface area contributed by atoms with Crippen LogP contribution in [0.15, 0.2) is 41.1 Å². The number of aromatic nitrogens is 3. The van der Waals surface area contributed by atoms with Crippen LogP contribution in [0.1, 0.15) is 70.8 Å². The Hall–Kier alpha value is -2.56. The van der Waals surface area contributed by atoms with Gasteiger partial charge in [-0.2, -0.15) is 4.98 Å². The van der Waals surface area contributed by atoms with Gasteiger partial charge in [0.1, 0.15) is 11.4 Å². The van der Waals surface area contributed by atoms with E-state index in [1.165, 1.54) is 44.1 Å². The fraction of sp³-hybridized carbons (Fsp3) is 0.500. The SMILES string of the molecule is CCCCCCCCc1ccc(-c2noc(-c3cc(O)cn3CCCC)n2)cc1. The quantitative estimate of drug-likeness (QED) is 0.350. The first kappa shape index (κ1) is 21.2. The number of aryl methyl sites for hydroxylation is 2. The van der Waals surface area contributed by atoms with Gasteiger partial charge in [-0.05, 0) is 24.8 Å². The molecule has 0 atom stereocenters. The number of rotatable bonds is 12. The molecule has 0 aliphatic carbocycles. The van der Waals surface area contributed by atoms with Crippen LogP contribution < -0.4 is 0 Å². The van der Waals surface area contributed by atoms with Crippen LogP contribution in [0.5, 0.6) is 5.75 Å². The molecule has 1 aromatic carbocycles. The Labute approximate surface area is 173 Å². The summed E-state index contributed by atoms with van der Waals surface area (Å²) in [4.78, 5) is 4.56. The molecule has 3 rings (SSSR count). The van der Waals surface area contributed by atoms with Crippen LogP contribution in [0.3, 0.4) is 0 Å². The molecule has 0 saturated carbocycles. The maximum absolute atomic E-state index is 9.87. The first-order valence-corrected chi connectivity index (χ1v) is 11.0. The Morgan fingerprint density at radius 3 is 2.41 bits per heavy atom. The molecular formula is C24H33N3O2. The summed E-state index contributed by atoms with van der Waals surface area (Å²) < 4.78 is 7.46. The molecule has 0 unspecified atom stereocenters. The lowest BCUT2D eigenvalue weighted by atomic mass is 10.0. The molecule has 0 fully saturated rings. The largest absolute Gasteiger partial charge is 0.506 e. The van der Waals surface area contributed by atoms with Crippen LogP contribution in [0.2, 0.25) is 0 Å². The lowest BCUT2D eigenvalue weighted by molar-refractivity contribution is 0.428. The first-order chi connectivity index (χ1) is 14.2. The zero-order valence-corrected chi connectivity index (χ0v) is 17.7. The lowest BCUT2D eigenvalue weighted by Gasteiger charge is -2.04. The Bertz CT molecular complexity index is 865. The Balaban J connectivity index is 1.61. The number of hydrogen-bond acceptors (Lipinski definition) is 4. The lowest BCUT2D eigenvalue weighted by Crippen LogP contribution is -1.98. The van der Waals surface area contributed by atoms with E-state index in [1.54, 1.807) is 12.3 Å². The monoisotopic (exact) mass is 395 g/mol. The number of hydrogen-bond donors (Lipinski definition) is 1. The summed E-state index contributed by atoms with van der Waals surface area (Å²) in [6.07, 6.45) is 12.8. The molecule has 0 aliphatic rings. The summed E-state index contributed by atoms with van der Waals surface area (Å²) in [5, 5.41) is 14.0. The molecule has 156 valence electrons. The minimum Gasteiger partial charge on any atom is -0.506 e. The van der Waals surface area contributed by atoms with E-state index in [0.29, 0.717) is 11.7 Å². The minimum absolute atomic E-state index is 0.218.